The Morgan fingerprint density at radius 3 is 2.61 bits per heavy atom. The smallest absolute Gasteiger partial charge is 0.217 e. The van der Waals surface area contributed by atoms with Gasteiger partial charge in [-0.1, -0.05) is 28.1 Å². The normalized spacial score (nSPS) is 24.3. The molecule has 0 spiro atoms. The number of rotatable bonds is 4. The molecule has 1 aromatic rings. The largest absolute Gasteiger partial charge is 0.377 e. The fourth-order valence-electron chi connectivity index (χ4n) is 2.01. The molecule has 4 nitrogen and oxygen atoms in total. The van der Waals surface area contributed by atoms with Gasteiger partial charge in [0.05, 0.1) is 6.10 Å². The summed E-state index contributed by atoms with van der Waals surface area (Å²) in [5, 5.41) is -0.437. The zero-order valence-electron chi connectivity index (χ0n) is 10.1. The molecule has 0 aliphatic carbocycles. The monoisotopic (exact) mass is 333 g/mol. The summed E-state index contributed by atoms with van der Waals surface area (Å²) in [5.74, 6) is 0. The Morgan fingerprint density at radius 2 is 2.06 bits per heavy atom. The fraction of sp³-hybridized carbons (Fsp3) is 0.500. The summed E-state index contributed by atoms with van der Waals surface area (Å²) in [5.41, 5.74) is 0.938. The van der Waals surface area contributed by atoms with Crippen molar-refractivity contribution in [2.75, 3.05) is 6.61 Å². The highest BCUT2D eigenvalue weighted by molar-refractivity contribution is 9.10. The number of hydrogen-bond acceptors (Lipinski definition) is 3. The Hall–Kier alpha value is -0.430. The minimum absolute atomic E-state index is 0.229. The lowest BCUT2D eigenvalue weighted by molar-refractivity contribution is 0.126. The molecule has 100 valence electrons. The summed E-state index contributed by atoms with van der Waals surface area (Å²) in [6, 6.07) is 7.57. The highest BCUT2D eigenvalue weighted by Crippen LogP contribution is 2.20. The second kappa shape index (κ2) is 5.69. The minimum atomic E-state index is -3.30. The summed E-state index contributed by atoms with van der Waals surface area (Å²) in [6.45, 7) is 2.64. The van der Waals surface area contributed by atoms with Crippen LogP contribution in [0.2, 0.25) is 0 Å². The predicted molar refractivity (Wildman–Crippen MR) is 73.7 cm³/mol. The Balaban J connectivity index is 1.98. The number of sulfonamides is 1. The lowest BCUT2D eigenvalue weighted by atomic mass is 10.2. The van der Waals surface area contributed by atoms with Crippen LogP contribution in [0.1, 0.15) is 18.9 Å². The van der Waals surface area contributed by atoms with Crippen molar-refractivity contribution in [2.24, 2.45) is 0 Å². The van der Waals surface area contributed by atoms with Crippen molar-refractivity contribution >= 4 is 26.0 Å². The van der Waals surface area contributed by atoms with Crippen molar-refractivity contribution in [1.82, 2.24) is 4.72 Å². The van der Waals surface area contributed by atoms with E-state index in [0.717, 1.165) is 10.0 Å². The van der Waals surface area contributed by atoms with Gasteiger partial charge in [0.25, 0.3) is 0 Å². The molecule has 1 N–H and O–H groups in total. The molecule has 1 saturated heterocycles. The third-order valence-electron chi connectivity index (χ3n) is 3.10. The number of hydrogen-bond donors (Lipinski definition) is 1. The summed E-state index contributed by atoms with van der Waals surface area (Å²) in [6.07, 6.45) is 0.337. The van der Waals surface area contributed by atoms with Crippen molar-refractivity contribution < 1.29 is 13.2 Å². The highest BCUT2D eigenvalue weighted by atomic mass is 79.9. The van der Waals surface area contributed by atoms with Crippen LogP contribution in [0.4, 0.5) is 0 Å². The first-order valence-corrected chi connectivity index (χ1v) is 8.17. The molecule has 0 amide bonds. The van der Waals surface area contributed by atoms with Crippen LogP contribution in [0.25, 0.3) is 0 Å². The van der Waals surface area contributed by atoms with Gasteiger partial charge in [0.1, 0.15) is 5.25 Å². The van der Waals surface area contributed by atoms with Gasteiger partial charge in [-0.15, -0.1) is 0 Å². The van der Waals surface area contributed by atoms with Crippen LogP contribution in [0.15, 0.2) is 28.7 Å². The van der Waals surface area contributed by atoms with Gasteiger partial charge in [0.2, 0.25) is 10.0 Å². The van der Waals surface area contributed by atoms with E-state index in [1.54, 1.807) is 6.92 Å². The molecule has 1 aliphatic heterocycles. The van der Waals surface area contributed by atoms with Gasteiger partial charge in [-0.25, -0.2) is 13.1 Å². The molecule has 2 atom stereocenters. The lowest BCUT2D eigenvalue weighted by Crippen LogP contribution is -2.37. The zero-order chi connectivity index (χ0) is 13.2. The number of halogens is 1. The molecule has 18 heavy (non-hydrogen) atoms. The van der Waals surface area contributed by atoms with Gasteiger partial charge in [-0.2, -0.15) is 0 Å². The van der Waals surface area contributed by atoms with E-state index in [1.165, 1.54) is 0 Å². The van der Waals surface area contributed by atoms with E-state index in [4.69, 9.17) is 4.74 Å². The average molecular weight is 334 g/mol. The molecule has 1 fully saturated rings. The maximum Gasteiger partial charge on any atom is 0.217 e. The number of ether oxygens (including phenoxy) is 1. The van der Waals surface area contributed by atoms with E-state index in [-0.39, 0.29) is 6.10 Å². The Kier molecular flexibility index (Phi) is 4.42. The number of nitrogens with one attached hydrogen (secondary N) is 1. The molecule has 0 aromatic heterocycles. The summed E-state index contributed by atoms with van der Waals surface area (Å²) >= 11 is 3.34. The van der Waals surface area contributed by atoms with Crippen molar-refractivity contribution in [1.29, 1.82) is 0 Å². The van der Waals surface area contributed by atoms with Gasteiger partial charge in [0, 0.05) is 17.6 Å². The second-order valence-electron chi connectivity index (χ2n) is 4.40. The third kappa shape index (κ3) is 3.32. The van der Waals surface area contributed by atoms with Crippen LogP contribution in [-0.4, -0.2) is 26.4 Å². The maximum absolute atomic E-state index is 12.1. The van der Waals surface area contributed by atoms with E-state index in [9.17, 15) is 8.42 Å². The first kappa shape index (κ1) is 14.0. The van der Waals surface area contributed by atoms with Crippen molar-refractivity contribution in [3.05, 3.63) is 34.3 Å². The van der Waals surface area contributed by atoms with Crippen LogP contribution in [-0.2, 0) is 21.3 Å². The van der Waals surface area contributed by atoms with Gasteiger partial charge in [-0.05, 0) is 31.0 Å². The molecule has 1 heterocycles. The quantitative estimate of drug-likeness (QED) is 0.917. The molecule has 2 rings (SSSR count). The van der Waals surface area contributed by atoms with Crippen molar-refractivity contribution in [3.8, 4) is 0 Å². The summed E-state index contributed by atoms with van der Waals surface area (Å²) < 4.78 is 33.1. The fourth-order valence-corrected chi connectivity index (χ4v) is 3.85. The predicted octanol–water partition coefficient (Wildman–Crippen LogP) is 2.05. The van der Waals surface area contributed by atoms with Gasteiger partial charge >= 0.3 is 0 Å². The van der Waals surface area contributed by atoms with Gasteiger partial charge in [0.15, 0.2) is 0 Å². The summed E-state index contributed by atoms with van der Waals surface area (Å²) in [7, 11) is -3.30. The molecular formula is C12H16BrNO3S. The van der Waals surface area contributed by atoms with Crippen LogP contribution >= 0.6 is 15.9 Å². The standard InChI is InChI=1S/C12H16BrNO3S/c1-9-12(6-7-17-9)18(15,16)14-8-10-2-4-11(13)5-3-10/h2-5,9,12,14H,6-8H2,1H3/t9-,12+/m0/s1. The molecule has 0 unspecified atom stereocenters. The van der Waals surface area contributed by atoms with E-state index in [2.05, 4.69) is 20.7 Å². The van der Waals surface area contributed by atoms with Crippen LogP contribution in [0, 0.1) is 0 Å². The van der Waals surface area contributed by atoms with E-state index in [1.807, 2.05) is 24.3 Å². The van der Waals surface area contributed by atoms with Crippen LogP contribution < -0.4 is 4.72 Å². The molecule has 1 aromatic carbocycles. The topological polar surface area (TPSA) is 55.4 Å². The molecular weight excluding hydrogens is 318 g/mol. The van der Waals surface area contributed by atoms with Gasteiger partial charge < -0.3 is 4.74 Å². The Bertz CT molecular complexity index is 501. The minimum Gasteiger partial charge on any atom is -0.377 e. The Morgan fingerprint density at radius 1 is 1.39 bits per heavy atom. The third-order valence-corrected chi connectivity index (χ3v) is 5.59. The Labute approximate surface area is 116 Å². The van der Waals surface area contributed by atoms with E-state index in [0.29, 0.717) is 19.6 Å². The first-order chi connectivity index (χ1) is 8.49. The van der Waals surface area contributed by atoms with E-state index >= 15 is 0 Å². The maximum atomic E-state index is 12.1. The second-order valence-corrected chi connectivity index (χ2v) is 7.30. The van der Waals surface area contributed by atoms with Crippen LogP contribution in [0.5, 0.6) is 0 Å². The average Bonchev–Trinajstić information content (AvgIpc) is 2.76. The van der Waals surface area contributed by atoms with E-state index < -0.39 is 15.3 Å². The molecule has 6 heteroatoms. The van der Waals surface area contributed by atoms with Gasteiger partial charge in [-0.3, -0.25) is 0 Å². The molecule has 0 bridgehead atoms. The highest BCUT2D eigenvalue weighted by Gasteiger charge is 2.35. The van der Waals surface area contributed by atoms with Crippen LogP contribution in [0.3, 0.4) is 0 Å². The number of benzene rings is 1. The molecule has 0 radical (unpaired) electrons. The zero-order valence-corrected chi connectivity index (χ0v) is 12.5. The SMILES string of the molecule is C[C@@H]1OCC[C@H]1S(=O)(=O)NCc1ccc(Br)cc1. The molecule has 1 aliphatic rings. The van der Waals surface area contributed by atoms with Crippen molar-refractivity contribution in [2.45, 2.75) is 31.2 Å². The lowest BCUT2D eigenvalue weighted by Gasteiger charge is -2.15. The first-order valence-electron chi connectivity index (χ1n) is 5.83. The van der Waals surface area contributed by atoms with Crippen molar-refractivity contribution in [3.63, 3.8) is 0 Å². The summed E-state index contributed by atoms with van der Waals surface area (Å²) in [4.78, 5) is 0. The molecule has 0 saturated carbocycles.